The highest BCUT2D eigenvalue weighted by Gasteiger charge is 2.34. The highest BCUT2D eigenvalue weighted by Crippen LogP contribution is 2.21. The van der Waals surface area contributed by atoms with Crippen LogP contribution in [-0.2, 0) is 0 Å². The summed E-state index contributed by atoms with van der Waals surface area (Å²) >= 11 is 0. The normalized spacial score (nSPS) is 19.9. The number of nitrogens with zero attached hydrogens (tertiary/aromatic N) is 1. The number of hydrogen-bond donors (Lipinski definition) is 3. The number of halogens is 3. The summed E-state index contributed by atoms with van der Waals surface area (Å²) in [5, 5.41) is 21.9. The summed E-state index contributed by atoms with van der Waals surface area (Å²) in [6.45, 7) is 1.41. The van der Waals surface area contributed by atoms with Gasteiger partial charge in [-0.05, 0) is 32.4 Å². The molecule has 0 aromatic rings. The lowest BCUT2D eigenvalue weighted by atomic mass is 9.94. The summed E-state index contributed by atoms with van der Waals surface area (Å²) in [6.07, 6.45) is -2.39. The van der Waals surface area contributed by atoms with Crippen LogP contribution in [0.2, 0.25) is 0 Å². The summed E-state index contributed by atoms with van der Waals surface area (Å²) in [5.74, 6) is 0. The Hall–Kier alpha value is -0.370. The minimum absolute atomic E-state index is 0.0451. The van der Waals surface area contributed by atoms with Crippen LogP contribution in [0.5, 0.6) is 0 Å². The molecule has 1 aliphatic rings. The molecule has 0 spiro atoms. The predicted molar refractivity (Wildman–Crippen MR) is 65.8 cm³/mol. The summed E-state index contributed by atoms with van der Waals surface area (Å²) in [6, 6.07) is 0.0451. The fraction of sp³-hybridized carbons (Fsp3) is 1.00. The van der Waals surface area contributed by atoms with Crippen LogP contribution in [0.25, 0.3) is 0 Å². The zero-order chi connectivity index (χ0) is 14.5. The van der Waals surface area contributed by atoms with Gasteiger partial charge < -0.3 is 15.5 Å². The maximum absolute atomic E-state index is 12.2. The van der Waals surface area contributed by atoms with Gasteiger partial charge in [0.1, 0.15) is 0 Å². The first kappa shape index (κ1) is 16.7. The van der Waals surface area contributed by atoms with Crippen molar-refractivity contribution in [2.45, 2.75) is 43.9 Å². The standard InChI is InChI=1S/C12H23F3N2O2/c1-2-11(8-18,9-19)16-10-3-5-17(6-4-10)7-12(13,14)15/h10,16,18-19H,2-9H2,1H3. The van der Waals surface area contributed by atoms with Crippen molar-refractivity contribution in [1.29, 1.82) is 0 Å². The second kappa shape index (κ2) is 6.88. The van der Waals surface area contributed by atoms with Gasteiger partial charge in [0.2, 0.25) is 0 Å². The largest absolute Gasteiger partial charge is 0.401 e. The van der Waals surface area contributed by atoms with Gasteiger partial charge in [0.05, 0.1) is 25.3 Å². The molecule has 0 bridgehead atoms. The molecule has 0 saturated carbocycles. The second-order valence-electron chi connectivity index (χ2n) is 5.26. The molecule has 114 valence electrons. The quantitative estimate of drug-likeness (QED) is 0.673. The first-order valence-electron chi connectivity index (χ1n) is 6.62. The van der Waals surface area contributed by atoms with Gasteiger partial charge in [-0.25, -0.2) is 0 Å². The molecule has 3 N–H and O–H groups in total. The van der Waals surface area contributed by atoms with Gasteiger partial charge in [-0.1, -0.05) is 6.92 Å². The van der Waals surface area contributed by atoms with Gasteiger partial charge in [-0.2, -0.15) is 13.2 Å². The fourth-order valence-electron chi connectivity index (χ4n) is 2.39. The van der Waals surface area contributed by atoms with E-state index in [1.54, 1.807) is 0 Å². The van der Waals surface area contributed by atoms with Crippen LogP contribution in [0.1, 0.15) is 26.2 Å². The Balaban J connectivity index is 2.41. The molecule has 7 heteroatoms. The van der Waals surface area contributed by atoms with Crippen LogP contribution < -0.4 is 5.32 Å². The number of nitrogens with one attached hydrogen (secondary N) is 1. The number of aliphatic hydroxyl groups is 2. The van der Waals surface area contributed by atoms with Crippen LogP contribution in [0.4, 0.5) is 13.2 Å². The molecule has 1 fully saturated rings. The Morgan fingerprint density at radius 2 is 1.68 bits per heavy atom. The van der Waals surface area contributed by atoms with E-state index in [4.69, 9.17) is 0 Å². The molecule has 0 aromatic heterocycles. The number of alkyl halides is 3. The number of aliphatic hydroxyl groups excluding tert-OH is 2. The summed E-state index contributed by atoms with van der Waals surface area (Å²) in [7, 11) is 0. The molecule has 19 heavy (non-hydrogen) atoms. The Labute approximate surface area is 111 Å². The van der Waals surface area contributed by atoms with Crippen LogP contribution >= 0.6 is 0 Å². The van der Waals surface area contributed by atoms with Crippen LogP contribution in [0.15, 0.2) is 0 Å². The van der Waals surface area contributed by atoms with Gasteiger partial charge in [0, 0.05) is 6.04 Å². The van der Waals surface area contributed by atoms with E-state index in [1.165, 1.54) is 4.90 Å². The van der Waals surface area contributed by atoms with Crippen LogP contribution in [-0.4, -0.2) is 65.7 Å². The number of rotatable bonds is 6. The monoisotopic (exact) mass is 284 g/mol. The lowest BCUT2D eigenvalue weighted by molar-refractivity contribution is -0.148. The second-order valence-corrected chi connectivity index (χ2v) is 5.26. The maximum atomic E-state index is 12.2. The van der Waals surface area contributed by atoms with Gasteiger partial charge in [0.15, 0.2) is 0 Å². The molecule has 0 atom stereocenters. The van der Waals surface area contributed by atoms with Crippen molar-refractivity contribution in [1.82, 2.24) is 10.2 Å². The summed E-state index contributed by atoms with van der Waals surface area (Å²) in [5.41, 5.74) is -0.725. The van der Waals surface area contributed by atoms with Crippen molar-refractivity contribution >= 4 is 0 Å². The SMILES string of the molecule is CCC(CO)(CO)NC1CCN(CC(F)(F)F)CC1. The minimum Gasteiger partial charge on any atom is -0.394 e. The average Bonchev–Trinajstić information content (AvgIpc) is 2.37. The van der Waals surface area contributed by atoms with Crippen molar-refractivity contribution in [3.8, 4) is 0 Å². The van der Waals surface area contributed by atoms with E-state index >= 15 is 0 Å². The minimum atomic E-state index is -4.15. The highest BCUT2D eigenvalue weighted by molar-refractivity contribution is 4.91. The Kier molecular flexibility index (Phi) is 6.04. The highest BCUT2D eigenvalue weighted by atomic mass is 19.4. The first-order chi connectivity index (χ1) is 8.84. The topological polar surface area (TPSA) is 55.7 Å². The molecule has 1 rings (SSSR count). The van der Waals surface area contributed by atoms with E-state index in [9.17, 15) is 23.4 Å². The number of likely N-dealkylation sites (tertiary alicyclic amines) is 1. The Morgan fingerprint density at radius 3 is 2.05 bits per heavy atom. The fourth-order valence-corrected chi connectivity index (χ4v) is 2.39. The van der Waals surface area contributed by atoms with Crippen LogP contribution in [0.3, 0.4) is 0 Å². The smallest absolute Gasteiger partial charge is 0.394 e. The van der Waals surface area contributed by atoms with Crippen molar-refractivity contribution in [3.05, 3.63) is 0 Å². The molecule has 0 amide bonds. The van der Waals surface area contributed by atoms with E-state index in [0.717, 1.165) is 0 Å². The molecular weight excluding hydrogens is 261 g/mol. The van der Waals surface area contributed by atoms with Crippen molar-refractivity contribution in [2.75, 3.05) is 32.8 Å². The van der Waals surface area contributed by atoms with Gasteiger partial charge >= 0.3 is 6.18 Å². The first-order valence-corrected chi connectivity index (χ1v) is 6.62. The predicted octanol–water partition coefficient (Wildman–Crippen LogP) is 0.736. The lowest BCUT2D eigenvalue weighted by Crippen LogP contribution is -2.58. The summed E-state index contributed by atoms with van der Waals surface area (Å²) in [4.78, 5) is 1.39. The van der Waals surface area contributed by atoms with E-state index in [0.29, 0.717) is 32.4 Å². The molecule has 1 heterocycles. The van der Waals surface area contributed by atoms with E-state index in [1.807, 2.05) is 6.92 Å². The Bertz CT molecular complexity index is 254. The summed E-state index contributed by atoms with van der Waals surface area (Å²) < 4.78 is 36.7. The van der Waals surface area contributed by atoms with Gasteiger partial charge in [-0.3, -0.25) is 4.90 Å². The third-order valence-electron chi connectivity index (χ3n) is 3.78. The molecule has 0 radical (unpaired) electrons. The molecule has 1 aliphatic heterocycles. The maximum Gasteiger partial charge on any atom is 0.401 e. The lowest BCUT2D eigenvalue weighted by Gasteiger charge is -2.39. The number of piperidine rings is 1. The molecule has 0 aliphatic carbocycles. The molecular formula is C12H23F3N2O2. The molecule has 1 saturated heterocycles. The van der Waals surface area contributed by atoms with E-state index in [2.05, 4.69) is 5.32 Å². The molecule has 4 nitrogen and oxygen atoms in total. The van der Waals surface area contributed by atoms with E-state index in [-0.39, 0.29) is 19.3 Å². The zero-order valence-corrected chi connectivity index (χ0v) is 11.2. The molecule has 0 aromatic carbocycles. The average molecular weight is 284 g/mol. The van der Waals surface area contributed by atoms with Crippen molar-refractivity contribution in [2.24, 2.45) is 0 Å². The molecule has 0 unspecified atom stereocenters. The van der Waals surface area contributed by atoms with E-state index < -0.39 is 18.3 Å². The van der Waals surface area contributed by atoms with Gasteiger partial charge in [0.25, 0.3) is 0 Å². The third kappa shape index (κ3) is 5.25. The number of hydrogen-bond acceptors (Lipinski definition) is 4. The van der Waals surface area contributed by atoms with Crippen molar-refractivity contribution < 1.29 is 23.4 Å². The van der Waals surface area contributed by atoms with Gasteiger partial charge in [-0.15, -0.1) is 0 Å². The van der Waals surface area contributed by atoms with Crippen molar-refractivity contribution in [3.63, 3.8) is 0 Å². The zero-order valence-electron chi connectivity index (χ0n) is 11.2. The van der Waals surface area contributed by atoms with Crippen LogP contribution in [0, 0.1) is 0 Å². The third-order valence-corrected chi connectivity index (χ3v) is 3.78. The Morgan fingerprint density at radius 1 is 1.16 bits per heavy atom.